The number of halogens is 3. The maximum Gasteiger partial charge on any atom is 0.224 e. The van der Waals surface area contributed by atoms with Crippen LogP contribution in [0.1, 0.15) is 25.6 Å². The number of hydrogen-bond acceptors (Lipinski definition) is 4. The molecule has 7 heteroatoms. The van der Waals surface area contributed by atoms with Gasteiger partial charge in [-0.2, -0.15) is 4.98 Å². The molecule has 0 aliphatic heterocycles. The monoisotopic (exact) mass is 373 g/mol. The summed E-state index contributed by atoms with van der Waals surface area (Å²) in [5, 5.41) is 2.97. The highest BCUT2D eigenvalue weighted by atomic mass is 79.9. The van der Waals surface area contributed by atoms with Gasteiger partial charge in [0.15, 0.2) is 0 Å². The summed E-state index contributed by atoms with van der Waals surface area (Å²) in [5.41, 5.74) is 0. The molecule has 0 unspecified atom stereocenters. The zero-order valence-corrected chi connectivity index (χ0v) is 14.1. The predicted molar refractivity (Wildman–Crippen MR) is 84.9 cm³/mol. The van der Waals surface area contributed by atoms with E-state index in [1.165, 1.54) is 12.1 Å². The number of nitrogens with zero attached hydrogens (tertiary/aromatic N) is 2. The van der Waals surface area contributed by atoms with Crippen molar-refractivity contribution in [2.45, 2.75) is 19.8 Å². The number of rotatable bonds is 4. The SMILES string of the molecule is CNc1cc(Oc2cc(F)c(Cl)cc2Br)nc(C(C)C)n1. The van der Waals surface area contributed by atoms with Crippen LogP contribution in [0.2, 0.25) is 5.02 Å². The Labute approximate surface area is 135 Å². The summed E-state index contributed by atoms with van der Waals surface area (Å²) in [6.07, 6.45) is 0. The van der Waals surface area contributed by atoms with Gasteiger partial charge in [0.05, 0.1) is 9.50 Å². The Kier molecular flexibility index (Phi) is 5.00. The van der Waals surface area contributed by atoms with E-state index in [1.807, 2.05) is 13.8 Å². The summed E-state index contributed by atoms with van der Waals surface area (Å²) in [4.78, 5) is 8.66. The molecule has 0 aliphatic carbocycles. The molecule has 2 rings (SSSR count). The molecule has 0 radical (unpaired) electrons. The van der Waals surface area contributed by atoms with Crippen molar-refractivity contribution in [1.82, 2.24) is 9.97 Å². The topological polar surface area (TPSA) is 47.0 Å². The second-order valence-electron chi connectivity index (χ2n) is 4.65. The summed E-state index contributed by atoms with van der Waals surface area (Å²) in [7, 11) is 1.76. The molecule has 1 aromatic carbocycles. The Morgan fingerprint density at radius 3 is 2.62 bits per heavy atom. The Morgan fingerprint density at radius 1 is 1.29 bits per heavy atom. The van der Waals surface area contributed by atoms with Crippen LogP contribution in [0.4, 0.5) is 10.2 Å². The van der Waals surface area contributed by atoms with E-state index >= 15 is 0 Å². The van der Waals surface area contributed by atoms with Crippen molar-refractivity contribution in [2.24, 2.45) is 0 Å². The van der Waals surface area contributed by atoms with Gasteiger partial charge < -0.3 is 10.1 Å². The van der Waals surface area contributed by atoms with Gasteiger partial charge in [0.25, 0.3) is 0 Å². The molecule has 1 aromatic heterocycles. The fraction of sp³-hybridized carbons (Fsp3) is 0.286. The average molecular weight is 375 g/mol. The molecule has 2 aromatic rings. The summed E-state index contributed by atoms with van der Waals surface area (Å²) < 4.78 is 19.7. The van der Waals surface area contributed by atoms with Gasteiger partial charge >= 0.3 is 0 Å². The van der Waals surface area contributed by atoms with Gasteiger partial charge in [-0.3, -0.25) is 0 Å². The number of aromatic nitrogens is 2. The van der Waals surface area contributed by atoms with E-state index in [9.17, 15) is 4.39 Å². The van der Waals surface area contributed by atoms with Crippen LogP contribution in [-0.2, 0) is 0 Å². The standard InChI is InChI=1S/C14H14BrClFN3O/c1-7(2)14-19-12(18-3)6-13(20-14)21-11-5-10(17)9(16)4-8(11)15/h4-7H,1-3H3,(H,18,19,20). The van der Waals surface area contributed by atoms with Crippen LogP contribution in [0.25, 0.3) is 0 Å². The first-order valence-electron chi connectivity index (χ1n) is 6.30. The van der Waals surface area contributed by atoms with Gasteiger partial charge in [0.2, 0.25) is 5.88 Å². The maximum absolute atomic E-state index is 13.5. The molecule has 0 spiro atoms. The van der Waals surface area contributed by atoms with Crippen LogP contribution in [0.3, 0.4) is 0 Å². The highest BCUT2D eigenvalue weighted by Gasteiger charge is 2.12. The van der Waals surface area contributed by atoms with E-state index in [4.69, 9.17) is 16.3 Å². The number of hydrogen-bond donors (Lipinski definition) is 1. The van der Waals surface area contributed by atoms with Crippen molar-refractivity contribution < 1.29 is 9.13 Å². The Hall–Kier alpha value is -1.40. The molecule has 21 heavy (non-hydrogen) atoms. The molecule has 0 aliphatic rings. The fourth-order valence-electron chi connectivity index (χ4n) is 1.58. The quantitative estimate of drug-likeness (QED) is 0.766. The number of benzene rings is 1. The molecule has 4 nitrogen and oxygen atoms in total. The van der Waals surface area contributed by atoms with Crippen molar-refractivity contribution in [3.05, 3.63) is 39.3 Å². The van der Waals surface area contributed by atoms with Gasteiger partial charge in [-0.25, -0.2) is 9.37 Å². The second-order valence-corrected chi connectivity index (χ2v) is 5.91. The van der Waals surface area contributed by atoms with Crippen LogP contribution >= 0.6 is 27.5 Å². The first kappa shape index (κ1) is 16.0. The van der Waals surface area contributed by atoms with Crippen LogP contribution in [-0.4, -0.2) is 17.0 Å². The predicted octanol–water partition coefficient (Wildman–Crippen LogP) is 4.99. The van der Waals surface area contributed by atoms with E-state index < -0.39 is 5.82 Å². The minimum Gasteiger partial charge on any atom is -0.438 e. The first-order valence-corrected chi connectivity index (χ1v) is 7.47. The third-order valence-electron chi connectivity index (χ3n) is 2.68. The van der Waals surface area contributed by atoms with Gasteiger partial charge in [-0.1, -0.05) is 25.4 Å². The number of anilines is 1. The molecular weight excluding hydrogens is 361 g/mol. The van der Waals surface area contributed by atoms with Gasteiger partial charge in [0.1, 0.15) is 23.2 Å². The lowest BCUT2D eigenvalue weighted by Crippen LogP contribution is -2.03. The Bertz CT molecular complexity index is 667. The van der Waals surface area contributed by atoms with Gasteiger partial charge in [-0.15, -0.1) is 0 Å². The molecule has 0 amide bonds. The molecular formula is C14H14BrClFN3O. The van der Waals surface area contributed by atoms with Crippen LogP contribution < -0.4 is 10.1 Å². The molecule has 1 N–H and O–H groups in total. The highest BCUT2D eigenvalue weighted by molar-refractivity contribution is 9.10. The zero-order valence-electron chi connectivity index (χ0n) is 11.7. The van der Waals surface area contributed by atoms with Crippen LogP contribution in [0.15, 0.2) is 22.7 Å². The largest absolute Gasteiger partial charge is 0.438 e. The minimum atomic E-state index is -0.554. The van der Waals surface area contributed by atoms with Gasteiger partial charge in [0, 0.05) is 25.1 Å². The number of nitrogens with one attached hydrogen (secondary N) is 1. The fourth-order valence-corrected chi connectivity index (χ4v) is 2.30. The lowest BCUT2D eigenvalue weighted by Gasteiger charge is -2.12. The van der Waals surface area contributed by atoms with E-state index in [2.05, 4.69) is 31.2 Å². The molecule has 0 bridgehead atoms. The maximum atomic E-state index is 13.5. The third-order valence-corrected chi connectivity index (χ3v) is 3.59. The second kappa shape index (κ2) is 6.58. The smallest absolute Gasteiger partial charge is 0.224 e. The molecule has 0 saturated heterocycles. The van der Waals surface area contributed by atoms with Crippen LogP contribution in [0, 0.1) is 5.82 Å². The minimum absolute atomic E-state index is 0.0238. The van der Waals surface area contributed by atoms with E-state index in [0.717, 1.165) is 0 Å². The summed E-state index contributed by atoms with van der Waals surface area (Å²) in [6.45, 7) is 3.97. The molecule has 112 valence electrons. The Morgan fingerprint density at radius 2 is 2.00 bits per heavy atom. The molecule has 0 atom stereocenters. The van der Waals surface area contributed by atoms with E-state index in [1.54, 1.807) is 13.1 Å². The highest BCUT2D eigenvalue weighted by Crippen LogP contribution is 2.33. The lowest BCUT2D eigenvalue weighted by molar-refractivity contribution is 0.450. The average Bonchev–Trinajstić information content (AvgIpc) is 2.44. The number of ether oxygens (including phenoxy) is 1. The normalized spacial score (nSPS) is 10.8. The summed E-state index contributed by atoms with van der Waals surface area (Å²) in [5.74, 6) is 1.50. The van der Waals surface area contributed by atoms with Crippen molar-refractivity contribution in [3.8, 4) is 11.6 Å². The first-order chi connectivity index (χ1) is 9.90. The van der Waals surface area contributed by atoms with E-state index in [0.29, 0.717) is 27.7 Å². The van der Waals surface area contributed by atoms with E-state index in [-0.39, 0.29) is 10.9 Å². The van der Waals surface area contributed by atoms with Crippen molar-refractivity contribution in [3.63, 3.8) is 0 Å². The zero-order chi connectivity index (χ0) is 15.6. The molecule has 1 heterocycles. The van der Waals surface area contributed by atoms with Gasteiger partial charge in [-0.05, 0) is 22.0 Å². The lowest BCUT2D eigenvalue weighted by atomic mass is 10.2. The van der Waals surface area contributed by atoms with Crippen LogP contribution in [0.5, 0.6) is 11.6 Å². The summed E-state index contributed by atoms with van der Waals surface area (Å²) >= 11 is 8.99. The van der Waals surface area contributed by atoms with Crippen molar-refractivity contribution in [1.29, 1.82) is 0 Å². The molecule has 0 fully saturated rings. The van der Waals surface area contributed by atoms with Crippen molar-refractivity contribution >= 4 is 33.3 Å². The van der Waals surface area contributed by atoms with Crippen molar-refractivity contribution in [2.75, 3.05) is 12.4 Å². The Balaban J connectivity index is 2.39. The summed E-state index contributed by atoms with van der Waals surface area (Å²) in [6, 6.07) is 4.29. The molecule has 0 saturated carbocycles. The third kappa shape index (κ3) is 3.83.